The van der Waals surface area contributed by atoms with Crippen molar-refractivity contribution in [3.05, 3.63) is 23.0 Å². The van der Waals surface area contributed by atoms with E-state index in [1.165, 1.54) is 0 Å². The third-order valence-corrected chi connectivity index (χ3v) is 5.67. The van der Waals surface area contributed by atoms with Gasteiger partial charge in [0.2, 0.25) is 0 Å². The quantitative estimate of drug-likeness (QED) is 0.512. The molecule has 1 rings (SSSR count). The zero-order chi connectivity index (χ0) is 14.6. The number of halogens is 1. The van der Waals surface area contributed by atoms with Gasteiger partial charge in [0.15, 0.2) is 0 Å². The van der Waals surface area contributed by atoms with Crippen molar-refractivity contribution in [2.45, 2.75) is 44.6 Å². The van der Waals surface area contributed by atoms with Gasteiger partial charge in [-0.3, -0.25) is 0 Å². The molecule has 1 fully saturated rings. The van der Waals surface area contributed by atoms with Crippen molar-refractivity contribution in [2.24, 2.45) is 5.92 Å². The van der Waals surface area contributed by atoms with Crippen molar-refractivity contribution in [2.75, 3.05) is 35.2 Å². The first-order valence-electron chi connectivity index (χ1n) is 6.59. The zero-order valence-corrected chi connectivity index (χ0v) is 17.3. The molecule has 0 saturated heterocycles. The van der Waals surface area contributed by atoms with Crippen LogP contribution < -0.4 is 0 Å². The summed E-state index contributed by atoms with van der Waals surface area (Å²) in [5.74, 6) is 0.329. The normalized spacial score (nSPS) is 20.4. The summed E-state index contributed by atoms with van der Waals surface area (Å²) in [6, 6.07) is 1.05. The first-order valence-corrected chi connectivity index (χ1v) is 9.74. The maximum atomic E-state index is 13.2. The zero-order valence-electron chi connectivity index (χ0n) is 14.7. The molecule has 0 bridgehead atoms. The molecule has 0 aliphatic heterocycles. The van der Waals surface area contributed by atoms with Crippen molar-refractivity contribution < 1.29 is 26.1 Å². The molecule has 2 atom stereocenters. The number of rotatable bonds is 3. The average molecular weight is 339 g/mol. The van der Waals surface area contributed by atoms with Gasteiger partial charge in [0.25, 0.3) is 0 Å². The fourth-order valence-electron chi connectivity index (χ4n) is 1.95. The van der Waals surface area contributed by atoms with Gasteiger partial charge in [-0.25, -0.2) is 4.39 Å². The summed E-state index contributed by atoms with van der Waals surface area (Å²) in [5.41, 5.74) is 0. The number of hydrogen-bond acceptors (Lipinski definition) is 0. The fraction of sp³-hybridized carbons (Fsp3) is 0.929. The van der Waals surface area contributed by atoms with Crippen LogP contribution in [0.2, 0.25) is 19.1 Å². The minimum atomic E-state index is -1.40. The minimum Gasteiger partial charge on any atom is -0.668 e. The summed E-state index contributed by atoms with van der Waals surface area (Å²) in [6.45, 7) is 4.44. The molecule has 2 unspecified atom stereocenters. The molecule has 6 heteroatoms. The predicted molar refractivity (Wildman–Crippen MR) is 90.6 cm³/mol. The Morgan fingerprint density at radius 2 is 1.40 bits per heavy atom. The van der Waals surface area contributed by atoms with Crippen LogP contribution in [0.1, 0.15) is 19.3 Å². The van der Waals surface area contributed by atoms with E-state index < -0.39 is 14.4 Å². The van der Waals surface area contributed by atoms with Crippen LogP contribution >= 0.6 is 0 Å². The molecule has 0 spiro atoms. The first-order chi connectivity index (χ1) is 8.38. The Morgan fingerprint density at radius 3 is 1.65 bits per heavy atom. The average Bonchev–Trinajstić information content (AvgIpc) is 2.66. The molecule has 0 radical (unpaired) electrons. The van der Waals surface area contributed by atoms with Crippen molar-refractivity contribution in [1.82, 2.24) is 0 Å². The maximum Gasteiger partial charge on any atom is 4.00 e. The Balaban J connectivity index is -0.000000139. The topological polar surface area (TPSA) is 42.3 Å². The van der Waals surface area contributed by atoms with Gasteiger partial charge in [-0.2, -0.15) is 35.2 Å². The Bertz CT molecular complexity index is 184. The van der Waals surface area contributed by atoms with Gasteiger partial charge >= 0.3 is 21.7 Å². The van der Waals surface area contributed by atoms with Gasteiger partial charge in [-0.15, -0.1) is 0 Å². The minimum absolute atomic E-state index is 0. The van der Waals surface area contributed by atoms with Crippen LogP contribution in [0.3, 0.4) is 0 Å². The largest absolute Gasteiger partial charge is 4.00 e. The molecule has 1 saturated carbocycles. The third kappa shape index (κ3) is 16.8. The number of alkyl halides is 1. The fourth-order valence-corrected chi connectivity index (χ4v) is 3.88. The third-order valence-electron chi connectivity index (χ3n) is 2.93. The van der Waals surface area contributed by atoms with E-state index in [1.807, 2.05) is 7.05 Å². The molecular weight excluding hydrogens is 305 g/mol. The van der Waals surface area contributed by atoms with E-state index in [-0.39, 0.29) is 29.1 Å². The Morgan fingerprint density at radius 1 is 1.00 bits per heavy atom. The molecule has 0 N–H and O–H groups in total. The monoisotopic (exact) mass is 339 g/mol. The molecule has 0 aromatic carbocycles. The summed E-state index contributed by atoms with van der Waals surface area (Å²) >= 11 is 0. The first kappa shape index (κ1) is 28.8. The molecule has 3 nitrogen and oxygen atoms in total. The Hall–Kier alpha value is 0.741. The van der Waals surface area contributed by atoms with E-state index in [2.05, 4.69) is 28.7 Å². The number of nitrogens with zero attached hydrogens (tertiary/aromatic N) is 3. The molecule has 1 aliphatic carbocycles. The van der Waals surface area contributed by atoms with Gasteiger partial charge in [-0.05, 0) is 18.8 Å². The van der Waals surface area contributed by atoms with E-state index in [9.17, 15) is 4.39 Å². The van der Waals surface area contributed by atoms with Crippen LogP contribution in [0.4, 0.5) is 4.39 Å². The molecule has 20 heavy (non-hydrogen) atoms. The molecular formula is C14H34FN3SiTi. The standard InChI is InChI=1S/C9H19FNSi.2C2H6N.CH3.Ti/c1-11-12(2,3)7-8-5-4-6-9(8)10;2*1-3-2;;/h8-9H,4-7H2,1-3H3;2*1-2H3;1H3;/q4*-1;+4. The van der Waals surface area contributed by atoms with E-state index in [1.54, 1.807) is 28.2 Å². The van der Waals surface area contributed by atoms with Crippen LogP contribution in [0.15, 0.2) is 0 Å². The SMILES string of the molecule is C[N-]C.C[N-]C.C[N-][Si](C)(C)CC1CCCC1F.[CH3-].[Ti+4]. The van der Waals surface area contributed by atoms with Gasteiger partial charge in [0.1, 0.15) is 6.17 Å². The summed E-state index contributed by atoms with van der Waals surface area (Å²) in [6.07, 6.45) is 2.44. The van der Waals surface area contributed by atoms with Crippen molar-refractivity contribution in [1.29, 1.82) is 0 Å². The summed E-state index contributed by atoms with van der Waals surface area (Å²) in [7, 11) is 7.48. The Labute approximate surface area is 143 Å². The van der Waals surface area contributed by atoms with E-state index in [4.69, 9.17) is 0 Å². The molecule has 0 amide bonds. The van der Waals surface area contributed by atoms with Crippen LogP contribution in [-0.2, 0) is 21.7 Å². The molecule has 120 valence electrons. The van der Waals surface area contributed by atoms with Gasteiger partial charge in [0.05, 0.1) is 0 Å². The second-order valence-corrected chi connectivity index (χ2v) is 9.82. The second kappa shape index (κ2) is 17.8. The summed E-state index contributed by atoms with van der Waals surface area (Å²) in [4.78, 5) is 4.39. The van der Waals surface area contributed by atoms with Gasteiger partial charge in [0, 0.05) is 0 Å². The van der Waals surface area contributed by atoms with E-state index in [0.717, 1.165) is 25.3 Å². The van der Waals surface area contributed by atoms with Gasteiger partial charge in [-0.1, -0.05) is 33.8 Å². The second-order valence-electron chi connectivity index (χ2n) is 5.34. The van der Waals surface area contributed by atoms with Crippen molar-refractivity contribution in [3.8, 4) is 0 Å². The van der Waals surface area contributed by atoms with Crippen molar-refractivity contribution in [3.63, 3.8) is 0 Å². The maximum absolute atomic E-state index is 13.2. The van der Waals surface area contributed by atoms with Crippen molar-refractivity contribution >= 4 is 8.24 Å². The smallest absolute Gasteiger partial charge is 0.668 e. The Kier molecular flexibility index (Phi) is 25.7. The van der Waals surface area contributed by atoms with Crippen LogP contribution in [-0.4, -0.2) is 49.6 Å². The molecule has 0 aromatic rings. The summed E-state index contributed by atoms with van der Waals surface area (Å²) in [5, 5.41) is 7.00. The van der Waals surface area contributed by atoms with E-state index in [0.29, 0.717) is 5.92 Å². The predicted octanol–water partition coefficient (Wildman–Crippen LogP) is 5.02. The van der Waals surface area contributed by atoms with Crippen LogP contribution in [0, 0.1) is 13.3 Å². The van der Waals surface area contributed by atoms with Crippen LogP contribution in [0.25, 0.3) is 15.6 Å². The van der Waals surface area contributed by atoms with E-state index >= 15 is 0 Å². The van der Waals surface area contributed by atoms with Gasteiger partial charge < -0.3 is 23.0 Å². The van der Waals surface area contributed by atoms with Crippen LogP contribution in [0.5, 0.6) is 0 Å². The summed E-state index contributed by atoms with van der Waals surface area (Å²) < 4.78 is 13.2. The molecule has 1 aliphatic rings. The number of hydrogen-bond donors (Lipinski definition) is 0. The molecule has 0 aromatic heterocycles. The molecule has 0 heterocycles.